The number of allylic oxidation sites excluding steroid dienone is 2. The zero-order valence-electron chi connectivity index (χ0n) is 4.61. The Morgan fingerprint density at radius 2 is 2.29 bits per heavy atom. The first kappa shape index (κ1) is 6.35. The standard InChI is InChI=1S/C7H11/c1-4-6-7(3)5-2/h4H,1-3,5-6H2/q+1. The van der Waals surface area contributed by atoms with Crippen molar-refractivity contribution in [1.29, 1.82) is 0 Å². The van der Waals surface area contributed by atoms with Crippen LogP contribution < -0.4 is 0 Å². The molecule has 0 aliphatic rings. The van der Waals surface area contributed by atoms with Gasteiger partial charge in [0.25, 0.3) is 0 Å². The maximum Gasteiger partial charge on any atom is 0.106 e. The number of hydrogen-bond acceptors (Lipinski definition) is 0. The van der Waals surface area contributed by atoms with Gasteiger partial charge in [0, 0.05) is 0 Å². The van der Waals surface area contributed by atoms with E-state index in [4.69, 9.17) is 0 Å². The molecule has 0 aromatic heterocycles. The van der Waals surface area contributed by atoms with Gasteiger partial charge in [-0.1, -0.05) is 12.7 Å². The largest absolute Gasteiger partial charge is 0.106 e. The third-order valence-corrected chi connectivity index (χ3v) is 0.787. The second-order valence-electron chi connectivity index (χ2n) is 1.49. The summed E-state index contributed by atoms with van der Waals surface area (Å²) in [5.41, 5.74) is 1.15. The first-order valence-electron chi connectivity index (χ1n) is 2.38. The predicted molar refractivity (Wildman–Crippen MR) is 33.9 cm³/mol. The summed E-state index contributed by atoms with van der Waals surface area (Å²) in [6, 6.07) is 0. The van der Waals surface area contributed by atoms with E-state index in [1.54, 1.807) is 0 Å². The lowest BCUT2D eigenvalue weighted by Crippen LogP contribution is -1.71. The van der Waals surface area contributed by atoms with E-state index in [1.807, 2.05) is 6.08 Å². The Kier molecular flexibility index (Phi) is 3.21. The van der Waals surface area contributed by atoms with E-state index in [0.29, 0.717) is 0 Å². The highest BCUT2D eigenvalue weighted by atomic mass is 13.9. The second-order valence-corrected chi connectivity index (χ2v) is 1.49. The molecular formula is C7H11+. The first-order valence-corrected chi connectivity index (χ1v) is 2.38. The van der Waals surface area contributed by atoms with Gasteiger partial charge in [0.1, 0.15) is 6.42 Å². The van der Waals surface area contributed by atoms with Gasteiger partial charge in [-0.25, -0.2) is 0 Å². The van der Waals surface area contributed by atoms with Crippen molar-refractivity contribution in [3.63, 3.8) is 0 Å². The van der Waals surface area contributed by atoms with E-state index < -0.39 is 0 Å². The van der Waals surface area contributed by atoms with E-state index in [1.165, 1.54) is 0 Å². The van der Waals surface area contributed by atoms with Gasteiger partial charge in [0.2, 0.25) is 0 Å². The molecule has 0 bridgehead atoms. The number of hydrogen-bond donors (Lipinski definition) is 0. The minimum atomic E-state index is 0.825. The van der Waals surface area contributed by atoms with Crippen molar-refractivity contribution in [2.24, 2.45) is 0 Å². The maximum absolute atomic E-state index is 3.73. The van der Waals surface area contributed by atoms with Gasteiger partial charge < -0.3 is 0 Å². The average Bonchev–Trinajstić information content (AvgIpc) is 1.68. The first-order chi connectivity index (χ1) is 3.31. The van der Waals surface area contributed by atoms with E-state index in [0.717, 1.165) is 18.4 Å². The molecule has 0 saturated carbocycles. The molecule has 0 heterocycles. The zero-order valence-corrected chi connectivity index (χ0v) is 4.61. The summed E-state index contributed by atoms with van der Waals surface area (Å²) in [5, 5.41) is 0. The Morgan fingerprint density at radius 1 is 1.71 bits per heavy atom. The topological polar surface area (TPSA) is 0 Å². The van der Waals surface area contributed by atoms with Crippen LogP contribution in [-0.2, 0) is 0 Å². The molecule has 0 rings (SSSR count). The highest BCUT2D eigenvalue weighted by molar-refractivity contribution is 5.00. The summed E-state index contributed by atoms with van der Waals surface area (Å²) in [5.74, 6) is 0. The molecule has 0 aliphatic heterocycles. The molecule has 0 saturated heterocycles. The van der Waals surface area contributed by atoms with Crippen LogP contribution in [0.2, 0.25) is 0 Å². The smallest absolute Gasteiger partial charge is 0.103 e. The molecule has 0 aliphatic carbocycles. The molecule has 0 aromatic carbocycles. The minimum Gasteiger partial charge on any atom is -0.103 e. The molecule has 0 fully saturated rings. The molecule has 0 atom stereocenters. The van der Waals surface area contributed by atoms with Crippen LogP contribution in [0.4, 0.5) is 0 Å². The van der Waals surface area contributed by atoms with E-state index in [-0.39, 0.29) is 0 Å². The SMILES string of the molecule is C=CCC(=C)C[CH2+]. The lowest BCUT2D eigenvalue weighted by atomic mass is 10.2. The van der Waals surface area contributed by atoms with Crippen LogP contribution in [0.15, 0.2) is 24.8 Å². The summed E-state index contributed by atoms with van der Waals surface area (Å²) in [7, 11) is 0. The van der Waals surface area contributed by atoms with Gasteiger partial charge >= 0.3 is 0 Å². The summed E-state index contributed by atoms with van der Waals surface area (Å²) in [6.45, 7) is 10.9. The highest BCUT2D eigenvalue weighted by Crippen LogP contribution is 2.00. The molecule has 0 nitrogen and oxygen atoms in total. The lowest BCUT2D eigenvalue weighted by molar-refractivity contribution is 1.12. The van der Waals surface area contributed by atoms with Crippen molar-refractivity contribution in [2.45, 2.75) is 12.8 Å². The molecule has 0 radical (unpaired) electrons. The molecule has 0 amide bonds. The van der Waals surface area contributed by atoms with Crippen molar-refractivity contribution in [1.82, 2.24) is 0 Å². The van der Waals surface area contributed by atoms with Crippen LogP contribution in [-0.4, -0.2) is 0 Å². The third-order valence-electron chi connectivity index (χ3n) is 0.787. The Balaban J connectivity index is 3.17. The van der Waals surface area contributed by atoms with Gasteiger partial charge in [-0.15, -0.1) is 6.58 Å². The Bertz CT molecular complexity index is 70.1. The van der Waals surface area contributed by atoms with E-state index in [2.05, 4.69) is 20.1 Å². The van der Waals surface area contributed by atoms with Crippen molar-refractivity contribution < 1.29 is 0 Å². The van der Waals surface area contributed by atoms with Gasteiger partial charge in [-0.3, -0.25) is 0 Å². The van der Waals surface area contributed by atoms with Crippen LogP contribution in [0.1, 0.15) is 12.8 Å². The molecule has 0 heteroatoms. The predicted octanol–water partition coefficient (Wildman–Crippen LogP) is 2.34. The van der Waals surface area contributed by atoms with Gasteiger partial charge in [0.15, 0.2) is 0 Å². The normalized spacial score (nSPS) is 8.00. The van der Waals surface area contributed by atoms with Crippen molar-refractivity contribution in [3.8, 4) is 0 Å². The fraction of sp³-hybridized carbons (Fsp3) is 0.286. The molecule has 7 heavy (non-hydrogen) atoms. The summed E-state index contributed by atoms with van der Waals surface area (Å²) in [6.07, 6.45) is 3.57. The Morgan fingerprint density at radius 3 is 2.43 bits per heavy atom. The minimum absolute atomic E-state index is 0.825. The third kappa shape index (κ3) is 3.17. The van der Waals surface area contributed by atoms with Crippen LogP contribution in [0.25, 0.3) is 0 Å². The monoisotopic (exact) mass is 95.1 g/mol. The van der Waals surface area contributed by atoms with Crippen molar-refractivity contribution in [2.75, 3.05) is 0 Å². The Labute approximate surface area is 45.5 Å². The Hall–Kier alpha value is -0.650. The lowest BCUT2D eigenvalue weighted by Gasteiger charge is -1.86. The molecule has 0 spiro atoms. The highest BCUT2D eigenvalue weighted by Gasteiger charge is 1.86. The van der Waals surface area contributed by atoms with E-state index in [9.17, 15) is 0 Å². The van der Waals surface area contributed by atoms with E-state index >= 15 is 0 Å². The molecule has 38 valence electrons. The molecule has 0 unspecified atom stereocenters. The van der Waals surface area contributed by atoms with Crippen molar-refractivity contribution >= 4 is 0 Å². The quantitative estimate of drug-likeness (QED) is 0.373. The van der Waals surface area contributed by atoms with Crippen LogP contribution >= 0.6 is 0 Å². The summed E-state index contributed by atoms with van der Waals surface area (Å²) >= 11 is 0. The molecule has 0 N–H and O–H groups in total. The number of rotatable bonds is 3. The molecular weight excluding hydrogens is 84.1 g/mol. The van der Waals surface area contributed by atoms with Crippen LogP contribution in [0.3, 0.4) is 0 Å². The van der Waals surface area contributed by atoms with Crippen LogP contribution in [0.5, 0.6) is 0 Å². The van der Waals surface area contributed by atoms with Crippen LogP contribution in [0, 0.1) is 6.92 Å². The summed E-state index contributed by atoms with van der Waals surface area (Å²) in [4.78, 5) is 0. The van der Waals surface area contributed by atoms with Gasteiger partial charge in [-0.05, 0) is 12.0 Å². The van der Waals surface area contributed by atoms with Gasteiger partial charge in [0.05, 0.1) is 6.92 Å². The van der Waals surface area contributed by atoms with Crippen molar-refractivity contribution in [3.05, 3.63) is 31.7 Å². The average molecular weight is 95.2 g/mol. The fourth-order valence-electron chi connectivity index (χ4n) is 0.306. The maximum atomic E-state index is 3.73. The summed E-state index contributed by atoms with van der Waals surface area (Å²) < 4.78 is 0. The molecule has 0 aromatic rings. The zero-order chi connectivity index (χ0) is 5.70. The second kappa shape index (κ2) is 3.54. The van der Waals surface area contributed by atoms with Gasteiger partial charge in [-0.2, -0.15) is 0 Å². The fourth-order valence-corrected chi connectivity index (χ4v) is 0.306.